The highest BCUT2D eigenvalue weighted by atomic mass is 15.4. The maximum Gasteiger partial charge on any atom is 0.114 e. The van der Waals surface area contributed by atoms with E-state index in [4.69, 9.17) is 0 Å². The largest absolute Gasteiger partial charge is 0.264 e. The summed E-state index contributed by atoms with van der Waals surface area (Å²) in [6.45, 7) is 4.16. The number of nitrogens with zero attached hydrogens (tertiary/aromatic N) is 4. The molecule has 2 aromatic rings. The first-order chi connectivity index (χ1) is 7.40. The lowest BCUT2D eigenvalue weighted by Crippen LogP contribution is -1.94. The van der Waals surface area contributed by atoms with Crippen molar-refractivity contribution in [1.82, 2.24) is 20.0 Å². The molecule has 0 amide bonds. The van der Waals surface area contributed by atoms with Gasteiger partial charge in [0, 0.05) is 18.0 Å². The predicted molar refractivity (Wildman–Crippen MR) is 57.9 cm³/mol. The first-order valence-corrected chi connectivity index (χ1v) is 5.05. The lowest BCUT2D eigenvalue weighted by atomic mass is 10.2. The molecule has 0 unspecified atom stereocenters. The van der Waals surface area contributed by atoms with Crippen LogP contribution in [0.25, 0.3) is 11.3 Å². The fraction of sp³-hybridized carbons (Fsp3) is 0.273. The summed E-state index contributed by atoms with van der Waals surface area (Å²) in [6.07, 6.45) is 7.57. The van der Waals surface area contributed by atoms with Crippen LogP contribution in [0.15, 0.2) is 30.7 Å². The minimum atomic E-state index is 0.857. The number of pyridine rings is 1. The first kappa shape index (κ1) is 9.83. The standard InChI is InChI=1S/C11H13N4/c1-2-3-7-15-9-11(13-14-15)10-5-4-6-12-8-10/h4-9H,2-3H2,1H3. The topological polar surface area (TPSA) is 43.6 Å². The van der Waals surface area contributed by atoms with Gasteiger partial charge in [0.05, 0.1) is 12.7 Å². The summed E-state index contributed by atoms with van der Waals surface area (Å²) < 4.78 is 1.76. The summed E-state index contributed by atoms with van der Waals surface area (Å²) in [4.78, 5) is 4.05. The van der Waals surface area contributed by atoms with Crippen molar-refractivity contribution in [1.29, 1.82) is 0 Å². The smallest absolute Gasteiger partial charge is 0.114 e. The number of hydrogen-bond acceptors (Lipinski definition) is 3. The van der Waals surface area contributed by atoms with E-state index in [1.807, 2.05) is 24.9 Å². The Morgan fingerprint density at radius 3 is 3.13 bits per heavy atom. The zero-order valence-corrected chi connectivity index (χ0v) is 8.67. The van der Waals surface area contributed by atoms with Gasteiger partial charge < -0.3 is 0 Å². The minimum absolute atomic E-state index is 0.857. The third-order valence-electron chi connectivity index (χ3n) is 2.07. The summed E-state index contributed by atoms with van der Waals surface area (Å²) in [7, 11) is 0. The number of rotatable bonds is 4. The quantitative estimate of drug-likeness (QED) is 0.761. The van der Waals surface area contributed by atoms with Gasteiger partial charge in [0.2, 0.25) is 0 Å². The van der Waals surface area contributed by atoms with Crippen LogP contribution in [0, 0.1) is 6.54 Å². The van der Waals surface area contributed by atoms with Crippen molar-refractivity contribution in [3.63, 3.8) is 0 Å². The molecule has 0 fully saturated rings. The molecule has 4 nitrogen and oxygen atoms in total. The molecule has 0 aromatic carbocycles. The van der Waals surface area contributed by atoms with E-state index in [0.717, 1.165) is 24.1 Å². The van der Waals surface area contributed by atoms with Crippen molar-refractivity contribution in [2.75, 3.05) is 0 Å². The van der Waals surface area contributed by atoms with Crippen LogP contribution < -0.4 is 0 Å². The molecule has 0 N–H and O–H groups in total. The van der Waals surface area contributed by atoms with Gasteiger partial charge in [-0.3, -0.25) is 4.98 Å². The molecule has 0 aliphatic rings. The highest BCUT2D eigenvalue weighted by molar-refractivity contribution is 5.55. The molecule has 4 heteroatoms. The van der Waals surface area contributed by atoms with Crippen molar-refractivity contribution in [3.05, 3.63) is 37.3 Å². The van der Waals surface area contributed by atoms with Crippen LogP contribution in [0.5, 0.6) is 0 Å². The maximum absolute atomic E-state index is 4.08. The number of unbranched alkanes of at least 4 members (excludes halogenated alkanes) is 1. The number of aromatic nitrogens is 4. The van der Waals surface area contributed by atoms with E-state index in [1.165, 1.54) is 0 Å². The molecule has 2 aromatic heterocycles. The average Bonchev–Trinajstić information content (AvgIpc) is 2.76. The molecule has 77 valence electrons. The van der Waals surface area contributed by atoms with E-state index in [1.54, 1.807) is 17.1 Å². The Balaban J connectivity index is 2.14. The fourth-order valence-corrected chi connectivity index (χ4v) is 1.27. The molecule has 0 spiro atoms. The monoisotopic (exact) mass is 201 g/mol. The van der Waals surface area contributed by atoms with Gasteiger partial charge in [0.15, 0.2) is 0 Å². The van der Waals surface area contributed by atoms with Crippen molar-refractivity contribution in [2.24, 2.45) is 0 Å². The van der Waals surface area contributed by atoms with E-state index in [0.29, 0.717) is 0 Å². The molecule has 2 rings (SSSR count). The van der Waals surface area contributed by atoms with Crippen molar-refractivity contribution >= 4 is 0 Å². The Hall–Kier alpha value is -1.71. The average molecular weight is 201 g/mol. The molecule has 1 radical (unpaired) electrons. The molecule has 0 aliphatic carbocycles. The normalized spacial score (nSPS) is 10.5. The summed E-state index contributed by atoms with van der Waals surface area (Å²) in [5.74, 6) is 0. The number of hydrogen-bond donors (Lipinski definition) is 0. The summed E-state index contributed by atoms with van der Waals surface area (Å²) in [5.41, 5.74) is 1.85. The van der Waals surface area contributed by atoms with Gasteiger partial charge in [-0.25, -0.2) is 4.68 Å². The molecule has 15 heavy (non-hydrogen) atoms. The van der Waals surface area contributed by atoms with E-state index in [9.17, 15) is 0 Å². The first-order valence-electron chi connectivity index (χ1n) is 5.05. The second-order valence-electron chi connectivity index (χ2n) is 3.30. The zero-order chi connectivity index (χ0) is 10.5. The lowest BCUT2D eigenvalue weighted by Gasteiger charge is -1.95. The minimum Gasteiger partial charge on any atom is -0.264 e. The van der Waals surface area contributed by atoms with Crippen LogP contribution in [0.3, 0.4) is 0 Å². The van der Waals surface area contributed by atoms with Crippen LogP contribution >= 0.6 is 0 Å². The molecule has 0 aliphatic heterocycles. The zero-order valence-electron chi connectivity index (χ0n) is 8.67. The van der Waals surface area contributed by atoms with E-state index >= 15 is 0 Å². The highest BCUT2D eigenvalue weighted by Crippen LogP contribution is 2.13. The van der Waals surface area contributed by atoms with Gasteiger partial charge in [0.1, 0.15) is 5.69 Å². The molecular weight excluding hydrogens is 188 g/mol. The predicted octanol–water partition coefficient (Wildman–Crippen LogP) is 2.15. The molecule has 0 saturated carbocycles. The van der Waals surface area contributed by atoms with E-state index < -0.39 is 0 Å². The second-order valence-corrected chi connectivity index (χ2v) is 3.30. The molecule has 0 atom stereocenters. The van der Waals surface area contributed by atoms with Gasteiger partial charge >= 0.3 is 0 Å². The molecule has 0 saturated heterocycles. The van der Waals surface area contributed by atoms with Crippen LogP contribution in [0.1, 0.15) is 19.8 Å². The van der Waals surface area contributed by atoms with Crippen molar-refractivity contribution in [2.45, 2.75) is 19.8 Å². The van der Waals surface area contributed by atoms with Crippen molar-refractivity contribution < 1.29 is 0 Å². The highest BCUT2D eigenvalue weighted by Gasteiger charge is 2.02. The third-order valence-corrected chi connectivity index (χ3v) is 2.07. The molecular formula is C11H13N4. The van der Waals surface area contributed by atoms with Gasteiger partial charge in [-0.1, -0.05) is 18.6 Å². The lowest BCUT2D eigenvalue weighted by molar-refractivity contribution is 0.691. The molecule has 0 bridgehead atoms. The summed E-state index contributed by atoms with van der Waals surface area (Å²) in [6, 6.07) is 3.87. The van der Waals surface area contributed by atoms with E-state index in [2.05, 4.69) is 22.2 Å². The van der Waals surface area contributed by atoms with Gasteiger partial charge in [-0.05, 0) is 18.6 Å². The fourth-order valence-electron chi connectivity index (χ4n) is 1.27. The van der Waals surface area contributed by atoms with Crippen LogP contribution in [0.4, 0.5) is 0 Å². The van der Waals surface area contributed by atoms with Crippen LogP contribution in [0.2, 0.25) is 0 Å². The Labute approximate surface area is 89.0 Å². The van der Waals surface area contributed by atoms with Crippen LogP contribution in [-0.4, -0.2) is 20.0 Å². The summed E-state index contributed by atoms with van der Waals surface area (Å²) in [5, 5.41) is 8.09. The Bertz CT molecular complexity index is 408. The summed E-state index contributed by atoms with van der Waals surface area (Å²) >= 11 is 0. The Morgan fingerprint density at radius 1 is 1.47 bits per heavy atom. The van der Waals surface area contributed by atoms with Crippen molar-refractivity contribution in [3.8, 4) is 11.3 Å². The Kier molecular flexibility index (Phi) is 3.07. The van der Waals surface area contributed by atoms with Gasteiger partial charge in [-0.15, -0.1) is 5.10 Å². The van der Waals surface area contributed by atoms with Gasteiger partial charge in [0.25, 0.3) is 0 Å². The third kappa shape index (κ3) is 2.40. The maximum atomic E-state index is 4.08. The SMILES string of the molecule is CCC[CH]n1cc(-c2cccnc2)nn1. The second kappa shape index (κ2) is 4.68. The van der Waals surface area contributed by atoms with E-state index in [-0.39, 0.29) is 0 Å². The Morgan fingerprint density at radius 2 is 2.40 bits per heavy atom. The molecule has 2 heterocycles. The van der Waals surface area contributed by atoms with Gasteiger partial charge in [-0.2, -0.15) is 0 Å². The van der Waals surface area contributed by atoms with Crippen LogP contribution in [-0.2, 0) is 0 Å².